The van der Waals surface area contributed by atoms with Gasteiger partial charge in [-0.1, -0.05) is 48.5 Å². The smallest absolute Gasteiger partial charge is 0.123 e. The van der Waals surface area contributed by atoms with E-state index in [1.807, 2.05) is 0 Å². The maximum Gasteiger partial charge on any atom is 0.123 e. The first-order chi connectivity index (χ1) is 15.0. The van der Waals surface area contributed by atoms with E-state index in [0.29, 0.717) is 22.3 Å². The van der Waals surface area contributed by atoms with Gasteiger partial charge in [-0.15, -0.1) is 0 Å². The van der Waals surface area contributed by atoms with E-state index in [1.54, 1.807) is 24.3 Å². The summed E-state index contributed by atoms with van der Waals surface area (Å²) in [5, 5.41) is 0. The molecule has 1 nitrogen and oxygen atoms in total. The summed E-state index contributed by atoms with van der Waals surface area (Å²) in [6, 6.07) is 23.1. The second kappa shape index (κ2) is 9.14. The molecule has 0 saturated carbocycles. The highest BCUT2D eigenvalue weighted by atomic mass is 19.1. The summed E-state index contributed by atoms with van der Waals surface area (Å²) in [6.45, 7) is 0. The number of rotatable bonds is 6. The zero-order valence-corrected chi connectivity index (χ0v) is 16.3. The number of halogens is 4. The predicted octanol–water partition coefficient (Wildman–Crippen LogP) is 7.14. The molecule has 0 aliphatic heterocycles. The molecule has 0 fully saturated rings. The van der Waals surface area contributed by atoms with Crippen LogP contribution >= 0.6 is 0 Å². The largest absolute Gasteiger partial charge is 0.356 e. The molecule has 0 heterocycles. The van der Waals surface area contributed by atoms with Gasteiger partial charge in [0.2, 0.25) is 0 Å². The van der Waals surface area contributed by atoms with Crippen molar-refractivity contribution in [1.29, 1.82) is 0 Å². The standard InChI is InChI=1S/C26H18F4O/c27-21-9-1-5-17(13-21)25(18-6-2-10-22(28)14-18)31-26(19-7-3-11-23(29)15-19)20-8-4-12-24(30)16-20/h1-16,25-26H. The molecule has 0 aromatic heterocycles. The molecular formula is C26H18F4O. The van der Waals surface area contributed by atoms with Crippen molar-refractivity contribution in [1.82, 2.24) is 0 Å². The number of ether oxygens (including phenoxy) is 1. The van der Waals surface area contributed by atoms with E-state index >= 15 is 0 Å². The van der Waals surface area contributed by atoms with Gasteiger partial charge in [0, 0.05) is 0 Å². The molecule has 0 amide bonds. The van der Waals surface area contributed by atoms with Crippen molar-refractivity contribution >= 4 is 0 Å². The maximum atomic E-state index is 14.0. The second-order valence-corrected chi connectivity index (χ2v) is 7.12. The number of benzene rings is 4. The minimum atomic E-state index is -0.886. The lowest BCUT2D eigenvalue weighted by atomic mass is 9.97. The lowest BCUT2D eigenvalue weighted by molar-refractivity contribution is 0.0302. The third-order valence-corrected chi connectivity index (χ3v) is 4.88. The Morgan fingerprint density at radius 3 is 0.903 bits per heavy atom. The third-order valence-electron chi connectivity index (χ3n) is 4.88. The monoisotopic (exact) mass is 422 g/mol. The second-order valence-electron chi connectivity index (χ2n) is 7.12. The zero-order chi connectivity index (χ0) is 21.8. The van der Waals surface area contributed by atoms with Crippen molar-refractivity contribution in [3.63, 3.8) is 0 Å². The third kappa shape index (κ3) is 5.01. The molecule has 5 heteroatoms. The van der Waals surface area contributed by atoms with Crippen LogP contribution in [0.2, 0.25) is 0 Å². The summed E-state index contributed by atoms with van der Waals surface area (Å²) in [5.41, 5.74) is 1.79. The van der Waals surface area contributed by atoms with Gasteiger partial charge in [0.05, 0.1) is 0 Å². The molecule has 4 aromatic carbocycles. The van der Waals surface area contributed by atoms with Crippen LogP contribution < -0.4 is 0 Å². The fraction of sp³-hybridized carbons (Fsp3) is 0.0769. The molecule has 31 heavy (non-hydrogen) atoms. The van der Waals surface area contributed by atoms with Crippen molar-refractivity contribution in [2.45, 2.75) is 12.2 Å². The van der Waals surface area contributed by atoms with E-state index in [9.17, 15) is 17.6 Å². The molecule has 4 rings (SSSR count). The predicted molar refractivity (Wildman–Crippen MR) is 110 cm³/mol. The van der Waals surface area contributed by atoms with Crippen LogP contribution in [0.3, 0.4) is 0 Å². The molecule has 4 aromatic rings. The van der Waals surface area contributed by atoms with Crippen LogP contribution in [0.1, 0.15) is 34.5 Å². The van der Waals surface area contributed by atoms with Gasteiger partial charge in [0.15, 0.2) is 0 Å². The molecule has 0 spiro atoms. The van der Waals surface area contributed by atoms with Gasteiger partial charge in [-0.05, 0) is 70.8 Å². The van der Waals surface area contributed by atoms with Gasteiger partial charge in [0.25, 0.3) is 0 Å². The maximum absolute atomic E-state index is 14.0. The Kier molecular flexibility index (Phi) is 6.14. The van der Waals surface area contributed by atoms with Gasteiger partial charge in [-0.25, -0.2) is 17.6 Å². The summed E-state index contributed by atoms with van der Waals surface area (Å²) in [5.74, 6) is -1.91. The van der Waals surface area contributed by atoms with Gasteiger partial charge < -0.3 is 4.74 Å². The molecule has 0 aliphatic rings. The molecule has 0 N–H and O–H groups in total. The Bertz CT molecular complexity index is 1010. The van der Waals surface area contributed by atoms with Crippen LogP contribution in [0.25, 0.3) is 0 Å². The lowest BCUT2D eigenvalue weighted by Crippen LogP contribution is -2.14. The first kappa shape index (κ1) is 20.8. The van der Waals surface area contributed by atoms with E-state index in [0.717, 1.165) is 0 Å². The van der Waals surface area contributed by atoms with Crippen LogP contribution in [0.15, 0.2) is 97.1 Å². The SMILES string of the molecule is Fc1cccc(C(OC(c2cccc(F)c2)c2cccc(F)c2)c2cccc(F)c2)c1. The van der Waals surface area contributed by atoms with E-state index in [2.05, 4.69) is 0 Å². The highest BCUT2D eigenvalue weighted by molar-refractivity contribution is 5.34. The van der Waals surface area contributed by atoms with Gasteiger partial charge in [-0.3, -0.25) is 0 Å². The first-order valence-electron chi connectivity index (χ1n) is 9.67. The molecule has 156 valence electrons. The van der Waals surface area contributed by atoms with E-state index < -0.39 is 35.5 Å². The van der Waals surface area contributed by atoms with Gasteiger partial charge >= 0.3 is 0 Å². The summed E-state index contributed by atoms with van der Waals surface area (Å²) in [4.78, 5) is 0. The first-order valence-corrected chi connectivity index (χ1v) is 9.67. The topological polar surface area (TPSA) is 9.23 Å². The minimum Gasteiger partial charge on any atom is -0.356 e. The Hall–Kier alpha value is -3.44. The molecule has 0 bridgehead atoms. The molecular weight excluding hydrogens is 404 g/mol. The Balaban J connectivity index is 1.84. The highest BCUT2D eigenvalue weighted by Gasteiger charge is 2.24. The van der Waals surface area contributed by atoms with Crippen molar-refractivity contribution in [3.05, 3.63) is 143 Å². The summed E-state index contributed by atoms with van der Waals surface area (Å²) in [7, 11) is 0. The zero-order valence-electron chi connectivity index (χ0n) is 16.3. The van der Waals surface area contributed by atoms with E-state index in [-0.39, 0.29) is 0 Å². The van der Waals surface area contributed by atoms with Crippen molar-refractivity contribution in [2.24, 2.45) is 0 Å². The molecule has 0 radical (unpaired) electrons. The van der Waals surface area contributed by atoms with Crippen LogP contribution in [0, 0.1) is 23.3 Å². The number of hydrogen-bond donors (Lipinski definition) is 0. The highest BCUT2D eigenvalue weighted by Crippen LogP contribution is 2.36. The Morgan fingerprint density at radius 1 is 0.419 bits per heavy atom. The van der Waals surface area contributed by atoms with Crippen LogP contribution in [-0.4, -0.2) is 0 Å². The quantitative estimate of drug-likeness (QED) is 0.300. The fourth-order valence-electron chi connectivity index (χ4n) is 3.51. The molecule has 0 aliphatic carbocycles. The summed E-state index contributed by atoms with van der Waals surface area (Å²) >= 11 is 0. The molecule has 0 saturated heterocycles. The van der Waals surface area contributed by atoms with Crippen molar-refractivity contribution in [3.8, 4) is 0 Å². The Labute approximate surface area is 177 Å². The van der Waals surface area contributed by atoms with Crippen LogP contribution in [-0.2, 0) is 4.74 Å². The minimum absolute atomic E-state index is 0.448. The average molecular weight is 422 g/mol. The molecule has 0 unspecified atom stereocenters. The Morgan fingerprint density at radius 2 is 0.677 bits per heavy atom. The van der Waals surface area contributed by atoms with E-state index in [1.165, 1.54) is 72.8 Å². The summed E-state index contributed by atoms with van der Waals surface area (Å²) in [6.07, 6.45) is -1.77. The van der Waals surface area contributed by atoms with Crippen molar-refractivity contribution in [2.75, 3.05) is 0 Å². The van der Waals surface area contributed by atoms with Gasteiger partial charge in [0.1, 0.15) is 35.5 Å². The normalized spacial score (nSPS) is 11.3. The van der Waals surface area contributed by atoms with E-state index in [4.69, 9.17) is 4.74 Å². The van der Waals surface area contributed by atoms with Crippen LogP contribution in [0.4, 0.5) is 17.6 Å². The molecule has 0 atom stereocenters. The number of hydrogen-bond acceptors (Lipinski definition) is 1. The van der Waals surface area contributed by atoms with Crippen molar-refractivity contribution < 1.29 is 22.3 Å². The summed E-state index contributed by atoms with van der Waals surface area (Å²) < 4.78 is 62.3. The lowest BCUT2D eigenvalue weighted by Gasteiger charge is -2.27. The van der Waals surface area contributed by atoms with Crippen LogP contribution in [0.5, 0.6) is 0 Å². The van der Waals surface area contributed by atoms with Gasteiger partial charge in [-0.2, -0.15) is 0 Å². The average Bonchev–Trinajstić information content (AvgIpc) is 2.74. The fourth-order valence-corrected chi connectivity index (χ4v) is 3.51.